The summed E-state index contributed by atoms with van der Waals surface area (Å²) >= 11 is 1.47. The fourth-order valence-electron chi connectivity index (χ4n) is 0.661. The summed E-state index contributed by atoms with van der Waals surface area (Å²) < 4.78 is 0. The Labute approximate surface area is 86.6 Å². The van der Waals surface area contributed by atoms with E-state index in [1.807, 2.05) is 0 Å². The van der Waals surface area contributed by atoms with Gasteiger partial charge >= 0.3 is 28.7 Å². The van der Waals surface area contributed by atoms with Crippen molar-refractivity contribution in [3.05, 3.63) is 0 Å². The van der Waals surface area contributed by atoms with Crippen molar-refractivity contribution < 1.29 is 19.4 Å². The Kier molecular flexibility index (Phi) is 14.4. The first-order chi connectivity index (χ1) is 5.13. The van der Waals surface area contributed by atoms with Gasteiger partial charge in [0, 0.05) is 0 Å². The third-order valence-electron chi connectivity index (χ3n) is 1.11. The second kappa shape index (κ2) is 11.0. The fraction of sp³-hybridized carbons (Fsp3) is 1.00. The third-order valence-corrected chi connectivity index (χ3v) is 1.11. The Balaban J connectivity index is 0. The van der Waals surface area contributed by atoms with Crippen LogP contribution in [0.1, 0.15) is 27.7 Å². The van der Waals surface area contributed by atoms with E-state index in [-0.39, 0.29) is 0 Å². The normalized spacial score (nSPS) is 9.64. The average molecular weight is 213 g/mol. The van der Waals surface area contributed by atoms with E-state index in [0.717, 1.165) is 24.9 Å². The van der Waals surface area contributed by atoms with E-state index in [4.69, 9.17) is 0 Å². The first kappa shape index (κ1) is 14.5. The van der Waals surface area contributed by atoms with Gasteiger partial charge in [-0.25, -0.2) is 0 Å². The minimum atomic E-state index is 0.781. The Hall–Kier alpha value is 0.964. The predicted molar refractivity (Wildman–Crippen MR) is 48.4 cm³/mol. The molecule has 0 aromatic carbocycles. The molecular weight excluding hydrogens is 193 g/mol. The summed E-state index contributed by atoms with van der Waals surface area (Å²) in [6.45, 7) is 11.2. The van der Waals surface area contributed by atoms with Crippen LogP contribution in [0.4, 0.5) is 0 Å². The van der Waals surface area contributed by atoms with Gasteiger partial charge in [-0.2, -0.15) is 0 Å². The van der Waals surface area contributed by atoms with E-state index in [2.05, 4.69) is 42.3 Å². The molecule has 0 atom stereocenters. The quantitative estimate of drug-likeness (QED) is 0.707. The van der Waals surface area contributed by atoms with Crippen molar-refractivity contribution in [2.24, 2.45) is 11.8 Å². The number of rotatable bonds is 4. The van der Waals surface area contributed by atoms with Crippen LogP contribution in [0, 0.1) is 11.8 Å². The molecule has 0 aromatic heterocycles. The maximum atomic E-state index is 4.64. The van der Waals surface area contributed by atoms with E-state index >= 15 is 0 Å². The van der Waals surface area contributed by atoms with E-state index in [9.17, 15) is 0 Å². The van der Waals surface area contributed by atoms with Crippen molar-refractivity contribution in [3.8, 4) is 0 Å². The Morgan fingerprint density at radius 2 is 1.27 bits per heavy atom. The summed E-state index contributed by atoms with van der Waals surface area (Å²) in [5, 5.41) is 3.38. The summed E-state index contributed by atoms with van der Waals surface area (Å²) in [5.74, 6) is 1.56. The molecule has 0 fully saturated rings. The molecule has 0 amide bonds. The molecule has 0 aliphatic heterocycles. The van der Waals surface area contributed by atoms with Crippen molar-refractivity contribution in [2.45, 2.75) is 27.7 Å². The molecule has 0 saturated heterocycles. The zero-order chi connectivity index (χ0) is 9.28. The van der Waals surface area contributed by atoms with E-state index in [1.165, 1.54) is 19.4 Å². The van der Waals surface area contributed by atoms with Gasteiger partial charge < -0.3 is 5.32 Å². The number of halogens is 1. The van der Waals surface area contributed by atoms with Crippen molar-refractivity contribution in [1.82, 2.24) is 5.32 Å². The molecule has 0 aromatic rings. The molecule has 1 N–H and O–H groups in total. The van der Waals surface area contributed by atoms with E-state index in [1.54, 1.807) is 0 Å². The number of hydrogen-bond acceptors (Lipinski definition) is 1. The summed E-state index contributed by atoms with van der Waals surface area (Å²) in [6.07, 6.45) is 0. The Morgan fingerprint density at radius 3 is 1.45 bits per heavy atom. The van der Waals surface area contributed by atoms with Crippen molar-refractivity contribution >= 4 is 9.30 Å². The molecule has 1 nitrogen and oxygen atoms in total. The van der Waals surface area contributed by atoms with Gasteiger partial charge in [0.25, 0.3) is 0 Å². The van der Waals surface area contributed by atoms with Gasteiger partial charge in [-0.1, -0.05) is 27.7 Å². The molecule has 0 spiro atoms. The fourth-order valence-corrected chi connectivity index (χ4v) is 0.661. The van der Waals surface area contributed by atoms with Crippen LogP contribution >= 0.6 is 9.30 Å². The van der Waals surface area contributed by atoms with Gasteiger partial charge in [0.1, 0.15) is 0 Å². The molecule has 67 valence electrons. The van der Waals surface area contributed by atoms with Gasteiger partial charge in [-0.15, -0.1) is 0 Å². The van der Waals surface area contributed by atoms with Gasteiger partial charge in [0.05, 0.1) is 0 Å². The molecule has 0 heterocycles. The summed E-state index contributed by atoms with van der Waals surface area (Å²) in [5.41, 5.74) is 0. The molecule has 11 heavy (non-hydrogen) atoms. The third kappa shape index (κ3) is 18.2. The first-order valence-corrected chi connectivity index (χ1v) is 6.17. The van der Waals surface area contributed by atoms with Gasteiger partial charge in [0.15, 0.2) is 0 Å². The van der Waals surface area contributed by atoms with Crippen molar-refractivity contribution in [2.75, 3.05) is 13.1 Å². The summed E-state index contributed by atoms with van der Waals surface area (Å²) in [6, 6.07) is 0. The standard InChI is InChI=1S/C8H19N.ClH.Ti/c1-7(2)5-9-6-8(3)4;;/h7-9H,5-6H2,1-4H3;1H;/q;;+1/p-1. The summed E-state index contributed by atoms with van der Waals surface area (Å²) in [7, 11) is 4.64. The summed E-state index contributed by atoms with van der Waals surface area (Å²) in [4.78, 5) is 0. The topological polar surface area (TPSA) is 12.0 Å². The van der Waals surface area contributed by atoms with Crippen LogP contribution < -0.4 is 5.32 Å². The first-order valence-electron chi connectivity index (χ1n) is 4.02. The minimum absolute atomic E-state index is 0.781. The number of nitrogens with one attached hydrogen (secondary N) is 1. The molecule has 0 bridgehead atoms. The van der Waals surface area contributed by atoms with Crippen LogP contribution in [-0.4, -0.2) is 13.1 Å². The van der Waals surface area contributed by atoms with E-state index in [0.29, 0.717) is 0 Å². The monoisotopic (exact) mass is 212 g/mol. The van der Waals surface area contributed by atoms with Crippen LogP contribution in [-0.2, 0) is 19.4 Å². The van der Waals surface area contributed by atoms with Crippen LogP contribution in [0.2, 0.25) is 0 Å². The molecule has 0 unspecified atom stereocenters. The predicted octanol–water partition coefficient (Wildman–Crippen LogP) is 2.58. The molecule has 0 radical (unpaired) electrons. The Morgan fingerprint density at radius 1 is 1.00 bits per heavy atom. The molecule has 0 rings (SSSR count). The Bertz CT molecular complexity index is 59.1. The van der Waals surface area contributed by atoms with Crippen LogP contribution in [0.15, 0.2) is 0 Å². The van der Waals surface area contributed by atoms with Crippen molar-refractivity contribution in [1.29, 1.82) is 0 Å². The second-order valence-electron chi connectivity index (χ2n) is 3.45. The van der Waals surface area contributed by atoms with Crippen LogP contribution in [0.25, 0.3) is 0 Å². The number of hydrogen-bond donors (Lipinski definition) is 1. The maximum absolute atomic E-state index is 4.64. The second-order valence-corrected chi connectivity index (χ2v) is 3.45. The van der Waals surface area contributed by atoms with Crippen LogP contribution in [0.3, 0.4) is 0 Å². The zero-order valence-corrected chi connectivity index (χ0v) is 10.3. The molecule has 0 saturated carbocycles. The van der Waals surface area contributed by atoms with E-state index < -0.39 is 0 Å². The van der Waals surface area contributed by atoms with Gasteiger partial charge in [0.2, 0.25) is 0 Å². The molecule has 3 heteroatoms. The SMILES string of the molecule is CC(C)CNCC(C)C.[Cl][Ti]. The van der Waals surface area contributed by atoms with Crippen molar-refractivity contribution in [3.63, 3.8) is 0 Å². The zero-order valence-electron chi connectivity index (χ0n) is 7.95. The van der Waals surface area contributed by atoms with Gasteiger partial charge in [-0.05, 0) is 24.9 Å². The van der Waals surface area contributed by atoms with Gasteiger partial charge in [-0.3, -0.25) is 0 Å². The van der Waals surface area contributed by atoms with Crippen LogP contribution in [0.5, 0.6) is 0 Å². The molecular formula is C8H19ClNTi. The molecule has 0 aliphatic carbocycles. The average Bonchev–Trinajstić information content (AvgIpc) is 1.90. The molecule has 0 aliphatic rings.